The zero-order chi connectivity index (χ0) is 16.8. The van der Waals surface area contributed by atoms with Gasteiger partial charge in [0.15, 0.2) is 0 Å². The number of amides is 1. The van der Waals surface area contributed by atoms with Gasteiger partial charge in [0.1, 0.15) is 18.0 Å². The number of nitrogens with one attached hydrogen (secondary N) is 2. The van der Waals surface area contributed by atoms with Gasteiger partial charge >= 0.3 is 0 Å². The van der Waals surface area contributed by atoms with Crippen molar-refractivity contribution >= 4 is 28.9 Å². The summed E-state index contributed by atoms with van der Waals surface area (Å²) in [6.45, 7) is 3.60. The van der Waals surface area contributed by atoms with Gasteiger partial charge in [0, 0.05) is 37.5 Å². The molecule has 3 rings (SSSR count). The van der Waals surface area contributed by atoms with Crippen LogP contribution in [0.25, 0.3) is 0 Å². The van der Waals surface area contributed by atoms with Gasteiger partial charge in [-0.2, -0.15) is 0 Å². The molecule has 1 fully saturated rings. The number of hydrogen-bond acceptors (Lipinski definition) is 5. The Labute approximate surface area is 142 Å². The fourth-order valence-electron chi connectivity index (χ4n) is 2.91. The molecule has 2 N–H and O–H groups in total. The Balaban J connectivity index is 1.73. The smallest absolute Gasteiger partial charge is 0.221 e. The molecule has 1 saturated heterocycles. The van der Waals surface area contributed by atoms with E-state index in [0.29, 0.717) is 0 Å². The van der Waals surface area contributed by atoms with Crippen molar-refractivity contribution in [3.63, 3.8) is 0 Å². The van der Waals surface area contributed by atoms with Crippen molar-refractivity contribution in [2.75, 3.05) is 28.6 Å². The van der Waals surface area contributed by atoms with Gasteiger partial charge in [0.05, 0.1) is 0 Å². The maximum Gasteiger partial charge on any atom is 0.221 e. The van der Waals surface area contributed by atoms with Gasteiger partial charge in [0.2, 0.25) is 5.91 Å². The lowest BCUT2D eigenvalue weighted by atomic mass is 10.2. The Morgan fingerprint density at radius 1 is 1.04 bits per heavy atom. The standard InChI is InChI=1S/C18H23N5O/c1-14(24)21-15-7-6-8-16(11-15)22-17-12-18(20-13-19-17)23-9-4-2-3-5-10-23/h6-8,11-13H,2-5,9-10H2,1H3,(H,21,24)(H,19,20,22). The Morgan fingerprint density at radius 2 is 1.79 bits per heavy atom. The number of hydrogen-bond donors (Lipinski definition) is 2. The maximum atomic E-state index is 11.2. The number of nitrogens with zero attached hydrogens (tertiary/aromatic N) is 3. The van der Waals surface area contributed by atoms with Gasteiger partial charge in [-0.05, 0) is 31.0 Å². The van der Waals surface area contributed by atoms with Crippen molar-refractivity contribution in [1.29, 1.82) is 0 Å². The third kappa shape index (κ3) is 4.44. The second-order valence-corrected chi connectivity index (χ2v) is 6.05. The molecule has 6 nitrogen and oxygen atoms in total. The van der Waals surface area contributed by atoms with Gasteiger partial charge < -0.3 is 15.5 Å². The lowest BCUT2D eigenvalue weighted by Gasteiger charge is -2.21. The lowest BCUT2D eigenvalue weighted by molar-refractivity contribution is -0.114. The van der Waals surface area contributed by atoms with E-state index in [9.17, 15) is 4.79 Å². The Kier molecular flexibility index (Phi) is 5.25. The van der Waals surface area contributed by atoms with Crippen LogP contribution in [0.5, 0.6) is 0 Å². The molecule has 0 bridgehead atoms. The number of carbonyl (C=O) groups is 1. The number of rotatable bonds is 4. The highest BCUT2D eigenvalue weighted by Gasteiger charge is 2.12. The molecular weight excluding hydrogens is 302 g/mol. The average Bonchev–Trinajstić information content (AvgIpc) is 2.84. The van der Waals surface area contributed by atoms with Gasteiger partial charge in [-0.3, -0.25) is 4.79 Å². The van der Waals surface area contributed by atoms with Gasteiger partial charge in [-0.15, -0.1) is 0 Å². The van der Waals surface area contributed by atoms with Gasteiger partial charge in [0.25, 0.3) is 0 Å². The summed E-state index contributed by atoms with van der Waals surface area (Å²) in [5.41, 5.74) is 1.64. The second kappa shape index (κ2) is 7.77. The highest BCUT2D eigenvalue weighted by Crippen LogP contribution is 2.22. The first-order valence-corrected chi connectivity index (χ1v) is 8.42. The second-order valence-electron chi connectivity index (χ2n) is 6.05. The van der Waals surface area contributed by atoms with Crippen LogP contribution in [-0.2, 0) is 4.79 Å². The van der Waals surface area contributed by atoms with E-state index in [4.69, 9.17) is 0 Å². The molecule has 2 heterocycles. The quantitative estimate of drug-likeness (QED) is 0.899. The van der Waals surface area contributed by atoms with Gasteiger partial charge in [-0.1, -0.05) is 18.9 Å². The molecule has 0 spiro atoms. The van der Waals surface area contributed by atoms with E-state index in [1.165, 1.54) is 32.6 Å². The predicted octanol–water partition coefficient (Wildman–Crippen LogP) is 3.56. The van der Waals surface area contributed by atoms with E-state index in [2.05, 4.69) is 25.5 Å². The number of carbonyl (C=O) groups excluding carboxylic acids is 1. The minimum absolute atomic E-state index is 0.0855. The fraction of sp³-hybridized carbons (Fsp3) is 0.389. The normalized spacial score (nSPS) is 14.8. The Morgan fingerprint density at radius 3 is 2.54 bits per heavy atom. The zero-order valence-electron chi connectivity index (χ0n) is 14.0. The molecule has 1 aromatic heterocycles. The highest BCUT2D eigenvalue weighted by atomic mass is 16.1. The van der Waals surface area contributed by atoms with Crippen molar-refractivity contribution in [2.45, 2.75) is 32.6 Å². The fourth-order valence-corrected chi connectivity index (χ4v) is 2.91. The van der Waals surface area contributed by atoms with Crippen molar-refractivity contribution in [3.8, 4) is 0 Å². The minimum atomic E-state index is -0.0855. The van der Waals surface area contributed by atoms with E-state index < -0.39 is 0 Å². The summed E-state index contributed by atoms with van der Waals surface area (Å²) < 4.78 is 0. The first kappa shape index (κ1) is 16.2. The number of anilines is 4. The number of benzene rings is 1. The average molecular weight is 325 g/mol. The van der Waals surface area contributed by atoms with Gasteiger partial charge in [-0.25, -0.2) is 9.97 Å². The molecule has 24 heavy (non-hydrogen) atoms. The topological polar surface area (TPSA) is 70.2 Å². The largest absolute Gasteiger partial charge is 0.356 e. The number of aromatic nitrogens is 2. The molecule has 1 aromatic carbocycles. The minimum Gasteiger partial charge on any atom is -0.356 e. The molecule has 1 amide bonds. The van der Waals surface area contributed by atoms with Crippen molar-refractivity contribution in [3.05, 3.63) is 36.7 Å². The summed E-state index contributed by atoms with van der Waals surface area (Å²) in [5.74, 6) is 1.63. The maximum absolute atomic E-state index is 11.2. The van der Waals surface area contributed by atoms with E-state index in [0.717, 1.165) is 36.1 Å². The summed E-state index contributed by atoms with van der Waals surface area (Å²) in [7, 11) is 0. The summed E-state index contributed by atoms with van der Waals surface area (Å²) in [6, 6.07) is 9.56. The third-order valence-electron chi connectivity index (χ3n) is 4.04. The summed E-state index contributed by atoms with van der Waals surface area (Å²) >= 11 is 0. The van der Waals surface area contributed by atoms with Crippen LogP contribution in [0.15, 0.2) is 36.7 Å². The van der Waals surface area contributed by atoms with Crippen LogP contribution in [-0.4, -0.2) is 29.0 Å². The van der Waals surface area contributed by atoms with Crippen LogP contribution in [0.2, 0.25) is 0 Å². The van der Waals surface area contributed by atoms with E-state index in [-0.39, 0.29) is 5.91 Å². The van der Waals surface area contributed by atoms with Crippen molar-refractivity contribution in [2.24, 2.45) is 0 Å². The SMILES string of the molecule is CC(=O)Nc1cccc(Nc2cc(N3CCCCCC3)ncn2)c1. The molecule has 2 aromatic rings. The molecule has 0 radical (unpaired) electrons. The van der Waals surface area contributed by atoms with Crippen LogP contribution in [0, 0.1) is 0 Å². The van der Waals surface area contributed by atoms with Crippen LogP contribution >= 0.6 is 0 Å². The first-order chi connectivity index (χ1) is 11.7. The molecule has 1 aliphatic heterocycles. The van der Waals surface area contributed by atoms with E-state index in [1.807, 2.05) is 30.3 Å². The molecule has 0 aliphatic carbocycles. The predicted molar refractivity (Wildman–Crippen MR) is 96.7 cm³/mol. The van der Waals surface area contributed by atoms with E-state index >= 15 is 0 Å². The van der Waals surface area contributed by atoms with E-state index in [1.54, 1.807) is 6.33 Å². The van der Waals surface area contributed by atoms with Crippen LogP contribution in [0.3, 0.4) is 0 Å². The zero-order valence-corrected chi connectivity index (χ0v) is 14.0. The Hall–Kier alpha value is -2.63. The Bertz CT molecular complexity index is 695. The third-order valence-corrected chi connectivity index (χ3v) is 4.04. The molecular formula is C18H23N5O. The molecule has 0 saturated carbocycles. The molecule has 1 aliphatic rings. The summed E-state index contributed by atoms with van der Waals surface area (Å²) in [4.78, 5) is 22.2. The highest BCUT2D eigenvalue weighted by molar-refractivity contribution is 5.89. The van der Waals surface area contributed by atoms with Crippen LogP contribution in [0.4, 0.5) is 23.0 Å². The van der Waals surface area contributed by atoms with Crippen molar-refractivity contribution < 1.29 is 4.79 Å². The van der Waals surface area contributed by atoms with Crippen LogP contribution < -0.4 is 15.5 Å². The molecule has 126 valence electrons. The monoisotopic (exact) mass is 325 g/mol. The van der Waals surface area contributed by atoms with Crippen molar-refractivity contribution in [1.82, 2.24) is 9.97 Å². The summed E-state index contributed by atoms with van der Waals surface area (Å²) in [5, 5.41) is 6.06. The molecule has 0 atom stereocenters. The molecule has 6 heteroatoms. The molecule has 0 unspecified atom stereocenters. The lowest BCUT2D eigenvalue weighted by Crippen LogP contribution is -2.25. The first-order valence-electron chi connectivity index (χ1n) is 8.42. The van der Waals surface area contributed by atoms with Crippen LogP contribution in [0.1, 0.15) is 32.6 Å². The summed E-state index contributed by atoms with van der Waals surface area (Å²) in [6.07, 6.45) is 6.61.